The minimum Gasteiger partial charge on any atom is -0.508 e. The van der Waals surface area contributed by atoms with Crippen LogP contribution in [0.25, 0.3) is 0 Å². The summed E-state index contributed by atoms with van der Waals surface area (Å²) >= 11 is 6.97. The highest BCUT2D eigenvalue weighted by Gasteiger charge is 2.29. The minimum absolute atomic E-state index is 0.0276. The molecule has 0 saturated heterocycles. The molecule has 0 aliphatic carbocycles. The summed E-state index contributed by atoms with van der Waals surface area (Å²) in [5.74, 6) is -2.35. The van der Waals surface area contributed by atoms with Crippen LogP contribution < -0.4 is 19.5 Å². The lowest BCUT2D eigenvalue weighted by molar-refractivity contribution is 0.0682. The van der Waals surface area contributed by atoms with Gasteiger partial charge in [0.1, 0.15) is 23.0 Å². The molecule has 0 fully saturated rings. The highest BCUT2D eigenvalue weighted by atomic mass is 35.5. The van der Waals surface area contributed by atoms with Gasteiger partial charge in [0, 0.05) is 12.5 Å². The van der Waals surface area contributed by atoms with Crippen LogP contribution in [0.1, 0.15) is 53.7 Å². The first-order valence-electron chi connectivity index (χ1n) is 14.9. The van der Waals surface area contributed by atoms with E-state index < -0.39 is 17.9 Å². The summed E-state index contributed by atoms with van der Waals surface area (Å²) < 4.78 is 17.1. The van der Waals surface area contributed by atoms with Crippen LogP contribution in [-0.2, 0) is 6.42 Å². The number of esters is 3. The molecular weight excluding hydrogens is 638 g/mol. The Morgan fingerprint density at radius 1 is 0.646 bits per heavy atom. The number of halogens is 1. The van der Waals surface area contributed by atoms with E-state index in [2.05, 4.69) is 5.32 Å². The van der Waals surface area contributed by atoms with E-state index in [1.165, 1.54) is 72.8 Å². The third-order valence-electron chi connectivity index (χ3n) is 7.80. The van der Waals surface area contributed by atoms with E-state index in [1.807, 2.05) is 12.1 Å². The standard InChI is InChI=1S/C37H28ClNO9/c38-33-29-17-18-39-20-31(21-7-15-28(16-8-21)46-35(43)22-1-9-25(40)10-2-22)30(29)19-32(47-36(44)23-3-11-26(41)12-4-23)34(33)48-37(45)24-5-13-27(42)14-6-24/h1-16,19,31,39-42H,17-18,20H2. The number of hydrogen-bond donors (Lipinski definition) is 4. The van der Waals surface area contributed by atoms with Crippen molar-refractivity contribution in [3.8, 4) is 34.5 Å². The Balaban J connectivity index is 1.35. The highest BCUT2D eigenvalue weighted by molar-refractivity contribution is 6.33. The number of phenolic OH excluding ortho intramolecular Hbond substituents is 3. The lowest BCUT2D eigenvalue weighted by Gasteiger charge is -2.22. The Morgan fingerprint density at radius 3 is 1.65 bits per heavy atom. The molecule has 242 valence electrons. The maximum absolute atomic E-state index is 13.2. The Hall–Kier alpha value is -5.84. The van der Waals surface area contributed by atoms with Gasteiger partial charge in [0.25, 0.3) is 0 Å². The molecule has 6 rings (SSSR count). The number of rotatable bonds is 7. The van der Waals surface area contributed by atoms with Gasteiger partial charge in [-0.1, -0.05) is 23.7 Å². The Morgan fingerprint density at radius 2 is 1.12 bits per heavy atom. The van der Waals surface area contributed by atoms with E-state index in [-0.39, 0.29) is 56.4 Å². The monoisotopic (exact) mass is 665 g/mol. The number of ether oxygens (including phenoxy) is 3. The van der Waals surface area contributed by atoms with Crippen LogP contribution in [0.4, 0.5) is 0 Å². The number of aromatic hydroxyl groups is 3. The van der Waals surface area contributed by atoms with Crippen LogP contribution in [0.3, 0.4) is 0 Å². The second-order valence-corrected chi connectivity index (χ2v) is 11.3. The number of benzene rings is 5. The van der Waals surface area contributed by atoms with Gasteiger partial charge in [0.15, 0.2) is 11.5 Å². The van der Waals surface area contributed by atoms with Crippen LogP contribution in [0.2, 0.25) is 5.02 Å². The first-order valence-corrected chi connectivity index (χ1v) is 15.2. The summed E-state index contributed by atoms with van der Waals surface area (Å²) in [5, 5.41) is 32.3. The maximum atomic E-state index is 13.2. The van der Waals surface area contributed by atoms with Gasteiger partial charge in [0.2, 0.25) is 0 Å². The van der Waals surface area contributed by atoms with E-state index in [9.17, 15) is 29.7 Å². The smallest absolute Gasteiger partial charge is 0.343 e. The normalized spacial score (nSPS) is 13.9. The van der Waals surface area contributed by atoms with E-state index >= 15 is 0 Å². The van der Waals surface area contributed by atoms with Crippen molar-refractivity contribution in [2.75, 3.05) is 13.1 Å². The number of carbonyl (C=O) groups excluding carboxylic acids is 3. The first kappa shape index (κ1) is 32.1. The molecule has 1 aliphatic heterocycles. The van der Waals surface area contributed by atoms with Crippen molar-refractivity contribution >= 4 is 29.5 Å². The molecule has 0 saturated carbocycles. The summed E-state index contributed by atoms with van der Waals surface area (Å²) in [6.45, 7) is 1.05. The summed E-state index contributed by atoms with van der Waals surface area (Å²) in [6.07, 6.45) is 0.475. The second-order valence-electron chi connectivity index (χ2n) is 11.0. The van der Waals surface area contributed by atoms with E-state index in [4.69, 9.17) is 25.8 Å². The van der Waals surface area contributed by atoms with Gasteiger partial charge in [-0.15, -0.1) is 0 Å². The summed E-state index contributed by atoms with van der Waals surface area (Å²) in [7, 11) is 0. The molecule has 0 amide bonds. The van der Waals surface area contributed by atoms with E-state index in [0.717, 1.165) is 11.1 Å². The van der Waals surface area contributed by atoms with Crippen molar-refractivity contribution in [2.24, 2.45) is 0 Å². The van der Waals surface area contributed by atoms with Crippen molar-refractivity contribution in [3.63, 3.8) is 0 Å². The van der Waals surface area contributed by atoms with Gasteiger partial charge < -0.3 is 34.8 Å². The van der Waals surface area contributed by atoms with Gasteiger partial charge in [0.05, 0.1) is 21.7 Å². The number of phenols is 3. The Bertz CT molecular complexity index is 1980. The number of fused-ring (bicyclic) bond motifs is 1. The first-order chi connectivity index (χ1) is 23.2. The van der Waals surface area contributed by atoms with Gasteiger partial charge in [-0.05, 0) is 121 Å². The number of hydrogen-bond acceptors (Lipinski definition) is 10. The molecule has 10 nitrogen and oxygen atoms in total. The predicted molar refractivity (Wildman–Crippen MR) is 176 cm³/mol. The zero-order chi connectivity index (χ0) is 33.8. The van der Waals surface area contributed by atoms with Gasteiger partial charge in [-0.25, -0.2) is 14.4 Å². The molecule has 1 aliphatic rings. The van der Waals surface area contributed by atoms with Crippen molar-refractivity contribution in [2.45, 2.75) is 12.3 Å². The third-order valence-corrected chi connectivity index (χ3v) is 8.20. The summed E-state index contributed by atoms with van der Waals surface area (Å²) in [5.41, 5.74) is 2.83. The fraction of sp³-hybridized carbons (Fsp3) is 0.108. The summed E-state index contributed by atoms with van der Waals surface area (Å²) in [4.78, 5) is 39.0. The fourth-order valence-corrected chi connectivity index (χ4v) is 5.64. The zero-order valence-electron chi connectivity index (χ0n) is 25.2. The predicted octanol–water partition coefficient (Wildman–Crippen LogP) is 6.39. The lowest BCUT2D eigenvalue weighted by atomic mass is 9.87. The molecule has 0 aromatic heterocycles. The van der Waals surface area contributed by atoms with Crippen LogP contribution in [0.15, 0.2) is 103 Å². The quantitative estimate of drug-likeness (QED) is 0.114. The third kappa shape index (κ3) is 7.10. The fourth-order valence-electron chi connectivity index (χ4n) is 5.31. The Labute approximate surface area is 279 Å². The second kappa shape index (κ2) is 13.9. The molecule has 11 heteroatoms. The van der Waals surface area contributed by atoms with Crippen molar-refractivity contribution in [1.82, 2.24) is 5.32 Å². The molecule has 5 aromatic rings. The molecule has 5 aromatic carbocycles. The van der Waals surface area contributed by atoms with Gasteiger partial charge in [-0.2, -0.15) is 0 Å². The summed E-state index contributed by atoms with van der Waals surface area (Å²) in [6, 6.07) is 25.3. The van der Waals surface area contributed by atoms with Crippen LogP contribution >= 0.6 is 11.6 Å². The molecular formula is C37H28ClNO9. The Kier molecular flexibility index (Phi) is 9.29. The minimum atomic E-state index is -0.778. The average molecular weight is 666 g/mol. The number of carbonyl (C=O) groups is 3. The van der Waals surface area contributed by atoms with E-state index in [1.54, 1.807) is 18.2 Å². The van der Waals surface area contributed by atoms with Gasteiger partial charge in [-0.3, -0.25) is 0 Å². The molecule has 1 unspecified atom stereocenters. The SMILES string of the molecule is O=C(Oc1ccc(C2CNCCc3c2cc(OC(=O)c2ccc(O)cc2)c(OC(=O)c2ccc(O)cc2)c3Cl)cc1)c1ccc(O)cc1. The molecule has 1 heterocycles. The van der Waals surface area contributed by atoms with Gasteiger partial charge >= 0.3 is 17.9 Å². The van der Waals surface area contributed by atoms with Crippen molar-refractivity contribution in [3.05, 3.63) is 142 Å². The molecule has 1 atom stereocenters. The molecule has 4 N–H and O–H groups in total. The molecule has 48 heavy (non-hydrogen) atoms. The van der Waals surface area contributed by atoms with E-state index in [0.29, 0.717) is 30.8 Å². The highest BCUT2D eigenvalue weighted by Crippen LogP contribution is 2.45. The largest absolute Gasteiger partial charge is 0.508 e. The van der Waals surface area contributed by atoms with Crippen LogP contribution in [0, 0.1) is 0 Å². The van der Waals surface area contributed by atoms with Crippen molar-refractivity contribution < 1.29 is 43.9 Å². The maximum Gasteiger partial charge on any atom is 0.343 e. The van der Waals surface area contributed by atoms with Crippen molar-refractivity contribution in [1.29, 1.82) is 0 Å². The average Bonchev–Trinajstić information content (AvgIpc) is 3.30. The lowest BCUT2D eigenvalue weighted by Crippen LogP contribution is -2.21. The zero-order valence-corrected chi connectivity index (χ0v) is 25.9. The topological polar surface area (TPSA) is 152 Å². The molecule has 0 spiro atoms. The molecule has 0 bridgehead atoms. The van der Waals surface area contributed by atoms with Crippen LogP contribution in [0.5, 0.6) is 34.5 Å². The van der Waals surface area contributed by atoms with Crippen LogP contribution in [-0.4, -0.2) is 46.3 Å². The molecule has 0 radical (unpaired) electrons. The number of nitrogens with one attached hydrogen (secondary N) is 1.